The molecule has 4 aromatic rings. The average molecular weight is 493 g/mol. The van der Waals surface area contributed by atoms with E-state index in [0.717, 1.165) is 6.08 Å². The van der Waals surface area contributed by atoms with Crippen molar-refractivity contribution in [3.63, 3.8) is 0 Å². The highest BCUT2D eigenvalue weighted by atomic mass is 19.1. The molecule has 0 spiro atoms. The number of likely N-dealkylation sites (N-methyl/N-ethyl adjacent to an activating group) is 1. The number of rotatable bonds is 10. The number of fused-ring (bicyclic) bond motifs is 1. The Morgan fingerprint density at radius 1 is 1.22 bits per heavy atom. The first-order valence-electron chi connectivity index (χ1n) is 11.0. The molecule has 2 N–H and O–H groups in total. The highest BCUT2D eigenvalue weighted by molar-refractivity contribution is 6.00. The highest BCUT2D eigenvalue weighted by Gasteiger charge is 2.17. The predicted molar refractivity (Wildman–Crippen MR) is 134 cm³/mol. The SMILES string of the molecule is C=CC(=O)Nc1cc(Nc2ncc3onc(-c4cccc(F)c4)c3n2)c(OC)cc1OCCN(C)C. The van der Waals surface area contributed by atoms with E-state index in [4.69, 9.17) is 14.0 Å². The minimum atomic E-state index is -0.400. The Labute approximate surface area is 206 Å². The van der Waals surface area contributed by atoms with Gasteiger partial charge in [-0.15, -0.1) is 0 Å². The van der Waals surface area contributed by atoms with Gasteiger partial charge in [0.2, 0.25) is 17.4 Å². The van der Waals surface area contributed by atoms with Crippen molar-refractivity contribution in [1.29, 1.82) is 0 Å². The standard InChI is InChI=1S/C25H25FN6O4/c1-5-22(33)28-18-12-17(19(34-4)13-20(18)35-10-9-32(2)3)29-25-27-14-21-24(30-25)23(31-36-21)15-7-6-8-16(26)11-15/h5-8,11-14H,1,9-10H2,2-4H3,(H,28,33)(H,27,29,30). The first-order chi connectivity index (χ1) is 17.4. The van der Waals surface area contributed by atoms with Crippen molar-refractivity contribution in [2.24, 2.45) is 0 Å². The summed E-state index contributed by atoms with van der Waals surface area (Å²) in [6.45, 7) is 4.58. The molecule has 36 heavy (non-hydrogen) atoms. The van der Waals surface area contributed by atoms with Gasteiger partial charge in [0, 0.05) is 18.2 Å². The molecular formula is C25H25FN6O4. The van der Waals surface area contributed by atoms with Crippen molar-refractivity contribution in [2.75, 3.05) is 45.0 Å². The molecule has 2 aromatic carbocycles. The maximum absolute atomic E-state index is 13.7. The summed E-state index contributed by atoms with van der Waals surface area (Å²) in [5, 5.41) is 9.87. The van der Waals surface area contributed by atoms with Crippen LogP contribution in [0.3, 0.4) is 0 Å². The average Bonchev–Trinajstić information content (AvgIpc) is 3.28. The lowest BCUT2D eigenvalue weighted by Gasteiger charge is -2.18. The lowest BCUT2D eigenvalue weighted by atomic mass is 10.1. The maximum Gasteiger partial charge on any atom is 0.247 e. The van der Waals surface area contributed by atoms with Crippen LogP contribution in [0.1, 0.15) is 0 Å². The number of ether oxygens (including phenoxy) is 2. The van der Waals surface area contributed by atoms with E-state index in [0.29, 0.717) is 58.4 Å². The fourth-order valence-electron chi connectivity index (χ4n) is 3.32. The number of benzene rings is 2. The van der Waals surface area contributed by atoms with Crippen molar-refractivity contribution in [3.8, 4) is 22.8 Å². The lowest BCUT2D eigenvalue weighted by Crippen LogP contribution is -2.20. The van der Waals surface area contributed by atoms with Crippen molar-refractivity contribution < 1.29 is 23.2 Å². The largest absolute Gasteiger partial charge is 0.494 e. The van der Waals surface area contributed by atoms with E-state index < -0.39 is 11.7 Å². The number of aromatic nitrogens is 3. The van der Waals surface area contributed by atoms with Crippen LogP contribution in [0.2, 0.25) is 0 Å². The van der Waals surface area contributed by atoms with Gasteiger partial charge in [0.1, 0.15) is 35.1 Å². The first kappa shape index (κ1) is 24.6. The third-order valence-electron chi connectivity index (χ3n) is 5.10. The molecule has 11 heteroatoms. The lowest BCUT2D eigenvalue weighted by molar-refractivity contribution is -0.111. The highest BCUT2D eigenvalue weighted by Crippen LogP contribution is 2.38. The molecule has 0 unspecified atom stereocenters. The van der Waals surface area contributed by atoms with E-state index >= 15 is 0 Å². The zero-order chi connectivity index (χ0) is 25.7. The number of methoxy groups -OCH3 is 1. The number of halogens is 1. The predicted octanol–water partition coefficient (Wildman–Crippen LogP) is 4.24. The maximum atomic E-state index is 13.7. The summed E-state index contributed by atoms with van der Waals surface area (Å²) in [6.07, 6.45) is 2.63. The Kier molecular flexibility index (Phi) is 7.40. The third kappa shape index (κ3) is 5.58. The minimum Gasteiger partial charge on any atom is -0.494 e. The van der Waals surface area contributed by atoms with Gasteiger partial charge in [0.15, 0.2) is 0 Å². The Bertz CT molecular complexity index is 1400. The van der Waals surface area contributed by atoms with E-state index in [-0.39, 0.29) is 5.95 Å². The number of amides is 1. The molecule has 186 valence electrons. The van der Waals surface area contributed by atoms with Gasteiger partial charge in [-0.25, -0.2) is 14.4 Å². The Hall–Kier alpha value is -4.51. The first-order valence-corrected chi connectivity index (χ1v) is 11.0. The second kappa shape index (κ2) is 10.8. The molecule has 2 heterocycles. The summed E-state index contributed by atoms with van der Waals surface area (Å²) in [5.41, 5.74) is 2.53. The molecule has 0 radical (unpaired) electrons. The van der Waals surface area contributed by atoms with E-state index in [1.165, 1.54) is 25.4 Å². The molecule has 0 saturated heterocycles. The Morgan fingerprint density at radius 3 is 2.78 bits per heavy atom. The van der Waals surface area contributed by atoms with E-state index in [1.807, 2.05) is 19.0 Å². The molecule has 0 bridgehead atoms. The van der Waals surface area contributed by atoms with Crippen molar-refractivity contribution in [2.45, 2.75) is 0 Å². The fourth-order valence-corrected chi connectivity index (χ4v) is 3.32. The molecule has 0 saturated carbocycles. The van der Waals surface area contributed by atoms with Crippen molar-refractivity contribution in [1.82, 2.24) is 20.0 Å². The number of nitrogens with zero attached hydrogens (tertiary/aromatic N) is 4. The number of hydrogen-bond donors (Lipinski definition) is 2. The van der Waals surface area contributed by atoms with E-state index in [9.17, 15) is 9.18 Å². The quantitative estimate of drug-likeness (QED) is 0.314. The summed E-state index contributed by atoms with van der Waals surface area (Å²) >= 11 is 0. The second-order valence-electron chi connectivity index (χ2n) is 7.97. The number of carbonyl (C=O) groups is 1. The third-order valence-corrected chi connectivity index (χ3v) is 5.10. The number of nitrogens with one attached hydrogen (secondary N) is 2. The van der Waals surface area contributed by atoms with Crippen LogP contribution in [0.25, 0.3) is 22.4 Å². The summed E-state index contributed by atoms with van der Waals surface area (Å²) in [6, 6.07) is 9.29. The van der Waals surface area contributed by atoms with Crippen molar-refractivity contribution >= 4 is 34.3 Å². The van der Waals surface area contributed by atoms with Gasteiger partial charge < -0.3 is 29.5 Å². The van der Waals surface area contributed by atoms with Crippen LogP contribution < -0.4 is 20.1 Å². The van der Waals surface area contributed by atoms with E-state index in [1.54, 1.807) is 24.3 Å². The second-order valence-corrected chi connectivity index (χ2v) is 7.97. The minimum absolute atomic E-state index is 0.212. The molecule has 10 nitrogen and oxygen atoms in total. The van der Waals surface area contributed by atoms with Crippen LogP contribution in [0.15, 0.2) is 59.8 Å². The van der Waals surface area contributed by atoms with Gasteiger partial charge in [-0.05, 0) is 38.4 Å². The van der Waals surface area contributed by atoms with Crippen LogP contribution in [-0.4, -0.2) is 60.3 Å². The summed E-state index contributed by atoms with van der Waals surface area (Å²) in [5.74, 6) is 0.279. The molecule has 1 amide bonds. The summed E-state index contributed by atoms with van der Waals surface area (Å²) in [4.78, 5) is 22.8. The summed E-state index contributed by atoms with van der Waals surface area (Å²) < 4.78 is 30.5. The zero-order valence-corrected chi connectivity index (χ0v) is 20.0. The number of carbonyl (C=O) groups excluding carboxylic acids is 1. The molecule has 0 atom stereocenters. The molecule has 0 aliphatic rings. The normalized spacial score (nSPS) is 10.9. The van der Waals surface area contributed by atoms with Gasteiger partial charge in [-0.3, -0.25) is 4.79 Å². The van der Waals surface area contributed by atoms with Crippen LogP contribution >= 0.6 is 0 Å². The van der Waals surface area contributed by atoms with Gasteiger partial charge in [-0.2, -0.15) is 0 Å². The molecule has 0 fully saturated rings. The van der Waals surface area contributed by atoms with Crippen LogP contribution in [0, 0.1) is 5.82 Å². The van der Waals surface area contributed by atoms with Crippen LogP contribution in [0.5, 0.6) is 11.5 Å². The molecule has 4 rings (SSSR count). The van der Waals surface area contributed by atoms with Gasteiger partial charge >= 0.3 is 0 Å². The Balaban J connectivity index is 1.69. The van der Waals surface area contributed by atoms with Gasteiger partial charge in [0.05, 0.1) is 24.7 Å². The number of anilines is 3. The smallest absolute Gasteiger partial charge is 0.247 e. The molecule has 0 aliphatic heterocycles. The molecule has 2 aromatic heterocycles. The van der Waals surface area contributed by atoms with Gasteiger partial charge in [0.25, 0.3) is 0 Å². The summed E-state index contributed by atoms with van der Waals surface area (Å²) in [7, 11) is 5.38. The fraction of sp³-hybridized carbons (Fsp3) is 0.200. The van der Waals surface area contributed by atoms with Gasteiger partial charge in [-0.1, -0.05) is 23.9 Å². The molecule has 0 aliphatic carbocycles. The number of hydrogen-bond acceptors (Lipinski definition) is 9. The molecular weight excluding hydrogens is 467 g/mol. The Morgan fingerprint density at radius 2 is 2.06 bits per heavy atom. The van der Waals surface area contributed by atoms with Crippen molar-refractivity contribution in [3.05, 3.63) is 61.1 Å². The topological polar surface area (TPSA) is 115 Å². The van der Waals surface area contributed by atoms with E-state index in [2.05, 4.69) is 32.3 Å². The zero-order valence-electron chi connectivity index (χ0n) is 20.0. The monoisotopic (exact) mass is 492 g/mol. The van der Waals surface area contributed by atoms with Crippen LogP contribution in [0.4, 0.5) is 21.7 Å². The van der Waals surface area contributed by atoms with Crippen LogP contribution in [-0.2, 0) is 4.79 Å².